The van der Waals surface area contributed by atoms with Gasteiger partial charge in [0.15, 0.2) is 11.5 Å². The predicted octanol–water partition coefficient (Wildman–Crippen LogP) is 7.61. The fourth-order valence-corrected chi connectivity index (χ4v) is 4.94. The molecule has 0 bridgehead atoms. The Hall–Kier alpha value is -2.78. The van der Waals surface area contributed by atoms with Crippen molar-refractivity contribution < 1.29 is 23.9 Å². The van der Waals surface area contributed by atoms with Crippen LogP contribution in [0.4, 0.5) is 4.79 Å². The second-order valence-corrected chi connectivity index (χ2v) is 10.2. The van der Waals surface area contributed by atoms with Crippen LogP contribution in [0.1, 0.15) is 28.4 Å². The number of imide groups is 1. The first-order chi connectivity index (χ1) is 17.3. The van der Waals surface area contributed by atoms with Crippen molar-refractivity contribution in [3.8, 4) is 11.5 Å². The van der Waals surface area contributed by atoms with E-state index in [-0.39, 0.29) is 50.4 Å². The molecule has 0 spiro atoms. The maximum absolute atomic E-state index is 12.9. The number of nitrogens with zero attached hydrogens (tertiary/aromatic N) is 1. The standard InChI is InChI=1S/C26H18BrCl2NO5S/c1-2-34-21-12-16(11-20(29)23(21)35-25(32)18-5-3-4-6-19(18)28)13-22-24(31)30(26(33)36-22)14-15-7-9-17(27)10-8-15/h3-13H,2,14H2,1H3/b22-13-. The van der Waals surface area contributed by atoms with E-state index < -0.39 is 11.9 Å². The minimum Gasteiger partial charge on any atom is -0.490 e. The van der Waals surface area contributed by atoms with E-state index in [2.05, 4.69) is 15.9 Å². The second-order valence-electron chi connectivity index (χ2n) is 7.53. The van der Waals surface area contributed by atoms with Gasteiger partial charge in [0.2, 0.25) is 0 Å². The molecule has 0 radical (unpaired) electrons. The largest absolute Gasteiger partial charge is 0.490 e. The number of thioether (sulfide) groups is 1. The Bertz CT molecular complexity index is 1380. The van der Waals surface area contributed by atoms with Crippen LogP contribution in [0.5, 0.6) is 11.5 Å². The van der Waals surface area contributed by atoms with Crippen LogP contribution >= 0.6 is 50.9 Å². The van der Waals surface area contributed by atoms with E-state index in [9.17, 15) is 14.4 Å². The van der Waals surface area contributed by atoms with Crippen molar-refractivity contribution in [2.75, 3.05) is 6.61 Å². The van der Waals surface area contributed by atoms with Crippen molar-refractivity contribution in [1.29, 1.82) is 0 Å². The second kappa shape index (κ2) is 11.5. The van der Waals surface area contributed by atoms with Crippen LogP contribution in [0, 0.1) is 0 Å². The number of rotatable bonds is 7. The molecule has 6 nitrogen and oxygen atoms in total. The number of carbonyl (C=O) groups is 3. The van der Waals surface area contributed by atoms with E-state index in [1.165, 1.54) is 17.0 Å². The summed E-state index contributed by atoms with van der Waals surface area (Å²) in [6.07, 6.45) is 1.56. The van der Waals surface area contributed by atoms with Gasteiger partial charge in [-0.3, -0.25) is 14.5 Å². The zero-order valence-electron chi connectivity index (χ0n) is 18.8. The molecule has 10 heteroatoms. The van der Waals surface area contributed by atoms with Crippen LogP contribution in [0.25, 0.3) is 6.08 Å². The molecule has 0 saturated carbocycles. The number of esters is 1. The van der Waals surface area contributed by atoms with Crippen LogP contribution in [0.15, 0.2) is 70.0 Å². The Morgan fingerprint density at radius 2 is 1.78 bits per heavy atom. The molecule has 184 valence electrons. The lowest BCUT2D eigenvalue weighted by atomic mass is 10.1. The molecule has 36 heavy (non-hydrogen) atoms. The minimum absolute atomic E-state index is 0.0314. The molecule has 1 saturated heterocycles. The highest BCUT2D eigenvalue weighted by Crippen LogP contribution is 2.40. The number of carbonyl (C=O) groups excluding carboxylic acids is 3. The fraction of sp³-hybridized carbons (Fsp3) is 0.115. The summed E-state index contributed by atoms with van der Waals surface area (Å²) in [6, 6.07) is 17.0. The molecule has 0 aliphatic carbocycles. The minimum atomic E-state index is -0.690. The number of halogens is 3. The molecule has 1 fully saturated rings. The monoisotopic (exact) mass is 605 g/mol. The Morgan fingerprint density at radius 1 is 1.06 bits per heavy atom. The Labute approximate surface area is 230 Å². The molecule has 0 aromatic heterocycles. The highest BCUT2D eigenvalue weighted by molar-refractivity contribution is 9.10. The number of benzene rings is 3. The smallest absolute Gasteiger partial charge is 0.345 e. The summed E-state index contributed by atoms with van der Waals surface area (Å²) in [6.45, 7) is 2.21. The average molecular weight is 607 g/mol. The van der Waals surface area contributed by atoms with Crippen molar-refractivity contribution in [2.45, 2.75) is 13.5 Å². The van der Waals surface area contributed by atoms with Gasteiger partial charge in [0.25, 0.3) is 11.1 Å². The lowest BCUT2D eigenvalue weighted by Crippen LogP contribution is -2.27. The van der Waals surface area contributed by atoms with E-state index in [1.54, 1.807) is 37.3 Å². The van der Waals surface area contributed by atoms with Gasteiger partial charge in [-0.2, -0.15) is 0 Å². The molecule has 0 N–H and O–H groups in total. The maximum atomic E-state index is 12.9. The first kappa shape index (κ1) is 26.3. The predicted molar refractivity (Wildman–Crippen MR) is 145 cm³/mol. The summed E-state index contributed by atoms with van der Waals surface area (Å²) in [5.74, 6) is -0.851. The third kappa shape index (κ3) is 5.95. The van der Waals surface area contributed by atoms with Crippen LogP contribution in [0.2, 0.25) is 10.0 Å². The first-order valence-electron chi connectivity index (χ1n) is 10.7. The lowest BCUT2D eigenvalue weighted by molar-refractivity contribution is -0.123. The van der Waals surface area contributed by atoms with Gasteiger partial charge in [0, 0.05) is 4.47 Å². The van der Waals surface area contributed by atoms with Crippen molar-refractivity contribution in [3.63, 3.8) is 0 Å². The van der Waals surface area contributed by atoms with Gasteiger partial charge >= 0.3 is 5.97 Å². The zero-order chi connectivity index (χ0) is 25.8. The van der Waals surface area contributed by atoms with E-state index in [4.69, 9.17) is 32.7 Å². The van der Waals surface area contributed by atoms with Crippen molar-refractivity contribution >= 4 is 74.1 Å². The van der Waals surface area contributed by atoms with Crippen LogP contribution < -0.4 is 9.47 Å². The van der Waals surface area contributed by atoms with Gasteiger partial charge < -0.3 is 9.47 Å². The maximum Gasteiger partial charge on any atom is 0.345 e. The molecule has 3 aromatic rings. The van der Waals surface area contributed by atoms with E-state index in [0.29, 0.717) is 5.56 Å². The summed E-state index contributed by atoms with van der Waals surface area (Å²) >= 11 is 16.8. The summed E-state index contributed by atoms with van der Waals surface area (Å²) in [7, 11) is 0. The highest BCUT2D eigenvalue weighted by Gasteiger charge is 2.35. The molecule has 3 aromatic carbocycles. The third-order valence-corrected chi connectivity index (χ3v) is 7.09. The van der Waals surface area contributed by atoms with Crippen LogP contribution in [-0.2, 0) is 11.3 Å². The number of amides is 2. The summed E-state index contributed by atoms with van der Waals surface area (Å²) in [5.41, 5.74) is 1.52. The van der Waals surface area contributed by atoms with E-state index in [0.717, 1.165) is 21.8 Å². The van der Waals surface area contributed by atoms with Gasteiger partial charge in [-0.15, -0.1) is 0 Å². The van der Waals surface area contributed by atoms with Gasteiger partial charge in [-0.05, 0) is 72.3 Å². The Balaban J connectivity index is 1.59. The highest BCUT2D eigenvalue weighted by atomic mass is 79.9. The third-order valence-electron chi connectivity index (χ3n) is 5.05. The molecule has 0 atom stereocenters. The quantitative estimate of drug-likeness (QED) is 0.157. The SMILES string of the molecule is CCOc1cc(/C=C2\SC(=O)N(Cc3ccc(Br)cc3)C2=O)cc(Cl)c1OC(=O)c1ccccc1Cl. The van der Waals surface area contributed by atoms with Gasteiger partial charge in [0.1, 0.15) is 0 Å². The van der Waals surface area contributed by atoms with Gasteiger partial charge in [0.05, 0.1) is 33.7 Å². The molecule has 2 amide bonds. The van der Waals surface area contributed by atoms with E-state index in [1.807, 2.05) is 24.3 Å². The topological polar surface area (TPSA) is 72.9 Å². The normalized spacial score (nSPS) is 14.4. The van der Waals surface area contributed by atoms with Crippen molar-refractivity contribution in [3.05, 3.63) is 96.8 Å². The zero-order valence-corrected chi connectivity index (χ0v) is 22.7. The summed E-state index contributed by atoms with van der Waals surface area (Å²) < 4.78 is 12.1. The molecule has 0 unspecified atom stereocenters. The Kier molecular flexibility index (Phi) is 8.41. The van der Waals surface area contributed by atoms with Gasteiger partial charge in [-0.25, -0.2) is 4.79 Å². The number of ether oxygens (including phenoxy) is 2. The molecule has 1 aliphatic heterocycles. The fourth-order valence-electron chi connectivity index (χ4n) is 3.37. The summed E-state index contributed by atoms with van der Waals surface area (Å²) in [4.78, 5) is 39.6. The molecular formula is C26H18BrCl2NO5S. The molecule has 1 heterocycles. The summed E-state index contributed by atoms with van der Waals surface area (Å²) in [5, 5.41) is -0.0238. The Morgan fingerprint density at radius 3 is 2.47 bits per heavy atom. The molecule has 1 aliphatic rings. The first-order valence-corrected chi connectivity index (χ1v) is 13.1. The lowest BCUT2D eigenvalue weighted by Gasteiger charge is -2.14. The molecule has 4 rings (SSSR count). The van der Waals surface area contributed by atoms with Crippen LogP contribution in [-0.4, -0.2) is 28.6 Å². The number of hydrogen-bond donors (Lipinski definition) is 0. The number of hydrogen-bond acceptors (Lipinski definition) is 6. The average Bonchev–Trinajstić information content (AvgIpc) is 3.10. The van der Waals surface area contributed by atoms with Crippen molar-refractivity contribution in [1.82, 2.24) is 4.90 Å². The van der Waals surface area contributed by atoms with Crippen LogP contribution in [0.3, 0.4) is 0 Å². The van der Waals surface area contributed by atoms with Gasteiger partial charge in [-0.1, -0.05) is 63.4 Å². The van der Waals surface area contributed by atoms with E-state index >= 15 is 0 Å². The van der Waals surface area contributed by atoms with Crippen molar-refractivity contribution in [2.24, 2.45) is 0 Å². The molecular weight excluding hydrogens is 589 g/mol.